The summed E-state index contributed by atoms with van der Waals surface area (Å²) < 4.78 is 11.2. The smallest absolute Gasteiger partial charge is 0.237 e. The maximum Gasteiger partial charge on any atom is 0.237 e. The Hall–Kier alpha value is -1.43. The van der Waals surface area contributed by atoms with Gasteiger partial charge in [-0.05, 0) is 49.8 Å². The van der Waals surface area contributed by atoms with E-state index >= 15 is 0 Å². The highest BCUT2D eigenvalue weighted by molar-refractivity contribution is 6.30. The molecule has 4 rings (SSSR count). The van der Waals surface area contributed by atoms with Crippen molar-refractivity contribution >= 4 is 11.6 Å². The van der Waals surface area contributed by atoms with Gasteiger partial charge in [0.1, 0.15) is 0 Å². The van der Waals surface area contributed by atoms with Crippen LogP contribution in [-0.2, 0) is 15.7 Å². The van der Waals surface area contributed by atoms with Gasteiger partial charge in [-0.1, -0.05) is 28.9 Å². The molecule has 1 aromatic carbocycles. The fourth-order valence-electron chi connectivity index (χ4n) is 3.53. The molecule has 1 saturated carbocycles. The van der Waals surface area contributed by atoms with Crippen molar-refractivity contribution in [1.29, 1.82) is 0 Å². The number of aromatic nitrogens is 2. The second kappa shape index (κ2) is 5.58. The first-order chi connectivity index (χ1) is 11.1. The number of hydrogen-bond donors (Lipinski definition) is 1. The Labute approximate surface area is 140 Å². The topological polar surface area (TPSA) is 74.2 Å². The molecule has 0 radical (unpaired) electrons. The SMILES string of the molecule is NC1(c2noc(C3(c4cccc(Cl)c4)CCOCC3)n2)CCC1. The number of halogens is 1. The first-order valence-corrected chi connectivity index (χ1v) is 8.48. The minimum atomic E-state index is -0.414. The highest BCUT2D eigenvalue weighted by Crippen LogP contribution is 2.43. The molecule has 1 saturated heterocycles. The second-order valence-electron chi connectivity index (χ2n) is 6.64. The van der Waals surface area contributed by atoms with E-state index in [1.807, 2.05) is 18.2 Å². The van der Waals surface area contributed by atoms with Gasteiger partial charge < -0.3 is 15.0 Å². The lowest BCUT2D eigenvalue weighted by molar-refractivity contribution is 0.0523. The Kier molecular flexibility index (Phi) is 3.67. The van der Waals surface area contributed by atoms with Crippen LogP contribution in [0.2, 0.25) is 5.02 Å². The molecular weight excluding hydrogens is 314 g/mol. The van der Waals surface area contributed by atoms with Gasteiger partial charge in [0.25, 0.3) is 0 Å². The fourth-order valence-corrected chi connectivity index (χ4v) is 3.72. The third-order valence-electron chi connectivity index (χ3n) is 5.25. The largest absolute Gasteiger partial charge is 0.381 e. The van der Waals surface area contributed by atoms with E-state index in [0.29, 0.717) is 30.0 Å². The van der Waals surface area contributed by atoms with Crippen molar-refractivity contribution in [2.75, 3.05) is 13.2 Å². The van der Waals surface area contributed by atoms with Gasteiger partial charge in [-0.25, -0.2) is 0 Å². The van der Waals surface area contributed by atoms with Gasteiger partial charge >= 0.3 is 0 Å². The van der Waals surface area contributed by atoms with Gasteiger partial charge in [-0.2, -0.15) is 4.98 Å². The molecule has 2 N–H and O–H groups in total. The fraction of sp³-hybridized carbons (Fsp3) is 0.529. The molecule has 0 amide bonds. The summed E-state index contributed by atoms with van der Waals surface area (Å²) in [5.41, 5.74) is 6.69. The van der Waals surface area contributed by atoms with Crippen molar-refractivity contribution in [3.05, 3.63) is 46.6 Å². The predicted octanol–water partition coefficient (Wildman–Crippen LogP) is 3.16. The number of benzene rings is 1. The summed E-state index contributed by atoms with van der Waals surface area (Å²) in [6.07, 6.45) is 4.55. The molecule has 0 unspecified atom stereocenters. The normalized spacial score (nSPS) is 22.5. The Bertz CT molecular complexity index is 705. The van der Waals surface area contributed by atoms with Crippen molar-refractivity contribution in [3.63, 3.8) is 0 Å². The van der Waals surface area contributed by atoms with Crippen LogP contribution < -0.4 is 5.73 Å². The van der Waals surface area contributed by atoms with E-state index in [1.165, 1.54) is 0 Å². The summed E-state index contributed by atoms with van der Waals surface area (Å²) >= 11 is 6.20. The zero-order valence-electron chi connectivity index (χ0n) is 12.9. The molecule has 6 heteroatoms. The monoisotopic (exact) mass is 333 g/mol. The lowest BCUT2D eigenvalue weighted by Crippen LogP contribution is -2.44. The maximum atomic E-state index is 6.34. The third-order valence-corrected chi connectivity index (χ3v) is 5.49. The zero-order chi connectivity index (χ0) is 15.9. The van der Waals surface area contributed by atoms with Crippen molar-refractivity contribution in [2.24, 2.45) is 5.73 Å². The minimum absolute atomic E-state index is 0.339. The highest BCUT2D eigenvalue weighted by atomic mass is 35.5. The van der Waals surface area contributed by atoms with Crippen LogP contribution in [-0.4, -0.2) is 23.4 Å². The van der Waals surface area contributed by atoms with Gasteiger partial charge in [0.2, 0.25) is 5.89 Å². The molecule has 122 valence electrons. The number of nitrogens with zero attached hydrogens (tertiary/aromatic N) is 2. The molecule has 2 heterocycles. The Morgan fingerprint density at radius 2 is 1.91 bits per heavy atom. The van der Waals surface area contributed by atoms with Crippen LogP contribution in [0, 0.1) is 0 Å². The summed E-state index contributed by atoms with van der Waals surface area (Å²) in [7, 11) is 0. The Morgan fingerprint density at radius 1 is 1.13 bits per heavy atom. The molecule has 5 nitrogen and oxygen atoms in total. The van der Waals surface area contributed by atoms with Crippen molar-refractivity contribution in [3.8, 4) is 0 Å². The lowest BCUT2D eigenvalue weighted by atomic mass is 9.73. The predicted molar refractivity (Wildman–Crippen MR) is 86.3 cm³/mol. The highest BCUT2D eigenvalue weighted by Gasteiger charge is 2.45. The van der Waals surface area contributed by atoms with Gasteiger partial charge in [0, 0.05) is 18.2 Å². The third kappa shape index (κ3) is 2.47. The quantitative estimate of drug-likeness (QED) is 0.933. The van der Waals surface area contributed by atoms with Crippen LogP contribution in [0.25, 0.3) is 0 Å². The van der Waals surface area contributed by atoms with Crippen LogP contribution in [0.15, 0.2) is 28.8 Å². The average Bonchev–Trinajstić information content (AvgIpc) is 3.04. The first-order valence-electron chi connectivity index (χ1n) is 8.10. The van der Waals surface area contributed by atoms with Crippen molar-refractivity contribution < 1.29 is 9.26 Å². The summed E-state index contributed by atoms with van der Waals surface area (Å²) in [5, 5.41) is 4.90. The van der Waals surface area contributed by atoms with Gasteiger partial charge in [-0.3, -0.25) is 0 Å². The minimum Gasteiger partial charge on any atom is -0.381 e. The molecule has 0 spiro atoms. The molecular formula is C17H20ClN3O2. The Balaban J connectivity index is 1.77. The first kappa shape index (κ1) is 15.1. The molecule has 0 bridgehead atoms. The van der Waals surface area contributed by atoms with E-state index < -0.39 is 5.54 Å². The van der Waals surface area contributed by atoms with Crippen LogP contribution >= 0.6 is 11.6 Å². The van der Waals surface area contributed by atoms with Crippen LogP contribution in [0.4, 0.5) is 0 Å². The number of ether oxygens (including phenoxy) is 1. The van der Waals surface area contributed by atoms with E-state index in [4.69, 9.17) is 31.6 Å². The lowest BCUT2D eigenvalue weighted by Gasteiger charge is -2.35. The standard InChI is InChI=1S/C17H20ClN3O2/c18-13-4-1-3-12(11-13)16(7-9-22-10-8-16)15-20-14(21-23-15)17(19)5-2-6-17/h1,3-4,11H,2,5-10,19H2. The van der Waals surface area contributed by atoms with E-state index in [1.54, 1.807) is 0 Å². The van der Waals surface area contributed by atoms with Gasteiger partial charge in [0.15, 0.2) is 5.82 Å². The van der Waals surface area contributed by atoms with Crippen LogP contribution in [0.3, 0.4) is 0 Å². The molecule has 1 aliphatic carbocycles. The zero-order valence-corrected chi connectivity index (χ0v) is 13.7. The van der Waals surface area contributed by atoms with Crippen molar-refractivity contribution in [2.45, 2.75) is 43.1 Å². The summed E-state index contributed by atoms with van der Waals surface area (Å²) in [6, 6.07) is 7.89. The van der Waals surface area contributed by atoms with E-state index in [-0.39, 0.29) is 5.41 Å². The molecule has 2 fully saturated rings. The molecule has 2 aromatic rings. The Morgan fingerprint density at radius 3 is 2.57 bits per heavy atom. The van der Waals surface area contributed by atoms with Crippen LogP contribution in [0.1, 0.15) is 49.4 Å². The molecule has 0 atom stereocenters. The number of rotatable bonds is 3. The molecule has 23 heavy (non-hydrogen) atoms. The van der Waals surface area contributed by atoms with E-state index in [9.17, 15) is 0 Å². The summed E-state index contributed by atoms with van der Waals surface area (Å²) in [6.45, 7) is 1.33. The molecule has 2 aliphatic rings. The number of nitrogens with two attached hydrogens (primary N) is 1. The van der Waals surface area contributed by atoms with E-state index in [0.717, 1.165) is 37.7 Å². The van der Waals surface area contributed by atoms with Crippen LogP contribution in [0.5, 0.6) is 0 Å². The van der Waals surface area contributed by atoms with E-state index in [2.05, 4.69) is 11.2 Å². The molecule has 1 aromatic heterocycles. The average molecular weight is 334 g/mol. The summed E-state index contributed by atoms with van der Waals surface area (Å²) in [5.74, 6) is 1.27. The second-order valence-corrected chi connectivity index (χ2v) is 7.07. The maximum absolute atomic E-state index is 6.34. The summed E-state index contributed by atoms with van der Waals surface area (Å²) in [4.78, 5) is 4.70. The van der Waals surface area contributed by atoms with Gasteiger partial charge in [-0.15, -0.1) is 0 Å². The van der Waals surface area contributed by atoms with Crippen molar-refractivity contribution in [1.82, 2.24) is 10.1 Å². The molecule has 1 aliphatic heterocycles. The number of hydrogen-bond acceptors (Lipinski definition) is 5. The van der Waals surface area contributed by atoms with Gasteiger partial charge in [0.05, 0.1) is 11.0 Å².